The maximum Gasteiger partial charge on any atom is 0.475 e. The highest BCUT2D eigenvalue weighted by atomic mass is 31.2. The lowest BCUT2D eigenvalue weighted by atomic mass is 10.1. The summed E-state index contributed by atoms with van der Waals surface area (Å²) in [6.07, 6.45) is 2.69. The number of phosphoric ester groups is 1. The van der Waals surface area contributed by atoms with Gasteiger partial charge in [-0.3, -0.25) is 13.6 Å². The SMILES string of the molecule is C=CCOP(=O)(OCC=C)OCc1cc(F)ccc1C(=O)O. The van der Waals surface area contributed by atoms with Crippen molar-refractivity contribution < 1.29 is 32.4 Å². The van der Waals surface area contributed by atoms with Crippen molar-refractivity contribution in [1.29, 1.82) is 0 Å². The summed E-state index contributed by atoms with van der Waals surface area (Å²) in [4.78, 5) is 11.1. The standard InChI is InChI=1S/C14H16FO6P/c1-3-7-19-22(18,20-8-4-2)21-10-11-9-12(15)5-6-13(11)14(16)17/h3-6,9H,1-2,7-8,10H2,(H,16,17). The number of aromatic carboxylic acids is 1. The molecule has 6 nitrogen and oxygen atoms in total. The van der Waals surface area contributed by atoms with Crippen LogP contribution in [0.2, 0.25) is 0 Å². The summed E-state index contributed by atoms with van der Waals surface area (Å²) in [7, 11) is -3.94. The van der Waals surface area contributed by atoms with Gasteiger partial charge < -0.3 is 5.11 Å². The molecule has 0 fully saturated rings. The summed E-state index contributed by atoms with van der Waals surface area (Å²) in [5.74, 6) is -1.90. The van der Waals surface area contributed by atoms with Gasteiger partial charge in [0.2, 0.25) is 0 Å². The Kier molecular flexibility index (Phi) is 7.14. The third-order valence-electron chi connectivity index (χ3n) is 2.38. The third kappa shape index (κ3) is 5.54. The van der Waals surface area contributed by atoms with Gasteiger partial charge in [-0.05, 0) is 23.8 Å². The van der Waals surface area contributed by atoms with Crippen LogP contribution in [0.15, 0.2) is 43.5 Å². The zero-order chi connectivity index (χ0) is 16.6. The molecule has 0 amide bonds. The van der Waals surface area contributed by atoms with E-state index >= 15 is 0 Å². The number of halogens is 1. The molecular weight excluding hydrogens is 314 g/mol. The molecule has 1 aromatic rings. The van der Waals surface area contributed by atoms with Crippen LogP contribution in [-0.2, 0) is 24.7 Å². The van der Waals surface area contributed by atoms with E-state index in [4.69, 9.17) is 18.7 Å². The molecule has 0 atom stereocenters. The van der Waals surface area contributed by atoms with E-state index in [-0.39, 0.29) is 24.3 Å². The molecule has 0 unspecified atom stereocenters. The number of hydrogen-bond donors (Lipinski definition) is 1. The summed E-state index contributed by atoms with van der Waals surface area (Å²) >= 11 is 0. The van der Waals surface area contributed by atoms with Crippen LogP contribution < -0.4 is 0 Å². The van der Waals surface area contributed by atoms with Crippen molar-refractivity contribution in [1.82, 2.24) is 0 Å². The molecule has 0 aliphatic heterocycles. The maximum absolute atomic E-state index is 13.2. The van der Waals surface area contributed by atoms with Crippen molar-refractivity contribution in [2.45, 2.75) is 6.61 Å². The monoisotopic (exact) mass is 330 g/mol. The Morgan fingerprint density at radius 1 is 1.23 bits per heavy atom. The third-order valence-corrected chi connectivity index (χ3v) is 3.75. The van der Waals surface area contributed by atoms with Crippen molar-refractivity contribution in [2.24, 2.45) is 0 Å². The number of rotatable bonds is 10. The van der Waals surface area contributed by atoms with E-state index in [9.17, 15) is 13.8 Å². The van der Waals surface area contributed by atoms with Gasteiger partial charge >= 0.3 is 13.8 Å². The predicted octanol–water partition coefficient (Wildman–Crippen LogP) is 3.55. The van der Waals surface area contributed by atoms with Gasteiger partial charge in [-0.2, -0.15) is 0 Å². The van der Waals surface area contributed by atoms with E-state index in [0.29, 0.717) is 0 Å². The van der Waals surface area contributed by atoms with Gasteiger partial charge in [0.05, 0.1) is 25.4 Å². The first kappa shape index (κ1) is 18.3. The Bertz CT molecular complexity index is 585. The maximum atomic E-state index is 13.2. The number of phosphoric acid groups is 1. The van der Waals surface area contributed by atoms with Crippen molar-refractivity contribution in [3.63, 3.8) is 0 Å². The summed E-state index contributed by atoms with van der Waals surface area (Å²) in [5.41, 5.74) is -0.155. The molecular formula is C14H16FO6P. The number of carboxylic acids is 1. The molecule has 0 aromatic heterocycles. The van der Waals surface area contributed by atoms with Gasteiger partial charge in [-0.25, -0.2) is 13.8 Å². The van der Waals surface area contributed by atoms with Gasteiger partial charge in [-0.1, -0.05) is 12.2 Å². The number of benzene rings is 1. The van der Waals surface area contributed by atoms with Crippen molar-refractivity contribution in [3.05, 3.63) is 60.5 Å². The van der Waals surface area contributed by atoms with Gasteiger partial charge in [0.25, 0.3) is 0 Å². The average molecular weight is 330 g/mol. The van der Waals surface area contributed by atoms with Crippen molar-refractivity contribution in [3.8, 4) is 0 Å². The topological polar surface area (TPSA) is 82.1 Å². The van der Waals surface area contributed by atoms with Gasteiger partial charge in [0.1, 0.15) is 5.82 Å². The molecule has 120 valence electrons. The van der Waals surface area contributed by atoms with E-state index in [1.165, 1.54) is 12.2 Å². The van der Waals surface area contributed by atoms with E-state index in [0.717, 1.165) is 18.2 Å². The summed E-state index contributed by atoms with van der Waals surface area (Å²) < 4.78 is 40.4. The smallest absolute Gasteiger partial charge is 0.475 e. The molecule has 22 heavy (non-hydrogen) atoms. The Morgan fingerprint density at radius 2 is 1.82 bits per heavy atom. The quantitative estimate of drug-likeness (QED) is 0.522. The molecule has 0 saturated heterocycles. The predicted molar refractivity (Wildman–Crippen MR) is 78.1 cm³/mol. The Morgan fingerprint density at radius 3 is 2.32 bits per heavy atom. The highest BCUT2D eigenvalue weighted by Gasteiger charge is 2.26. The van der Waals surface area contributed by atoms with Crippen LogP contribution in [0.1, 0.15) is 15.9 Å². The molecule has 0 bridgehead atoms. The molecule has 1 aromatic carbocycles. The second kappa shape index (κ2) is 8.60. The van der Waals surface area contributed by atoms with Gasteiger partial charge in [0, 0.05) is 0 Å². The van der Waals surface area contributed by atoms with E-state index < -0.39 is 26.2 Å². The first-order chi connectivity index (χ1) is 10.4. The van der Waals surface area contributed by atoms with Gasteiger partial charge in [0.15, 0.2) is 0 Å². The Hall–Kier alpha value is -1.79. The van der Waals surface area contributed by atoms with Crippen molar-refractivity contribution in [2.75, 3.05) is 13.2 Å². The normalized spacial score (nSPS) is 11.1. The molecule has 0 aliphatic carbocycles. The van der Waals surface area contributed by atoms with Crippen LogP contribution in [0.3, 0.4) is 0 Å². The molecule has 1 rings (SSSR count). The van der Waals surface area contributed by atoms with Crippen LogP contribution in [0, 0.1) is 5.82 Å². The lowest BCUT2D eigenvalue weighted by Gasteiger charge is -2.17. The largest absolute Gasteiger partial charge is 0.478 e. The minimum atomic E-state index is -3.94. The Balaban J connectivity index is 2.90. The van der Waals surface area contributed by atoms with Crippen LogP contribution >= 0.6 is 7.82 Å². The molecule has 0 heterocycles. The number of carboxylic acid groups (broad SMARTS) is 1. The lowest BCUT2D eigenvalue weighted by molar-refractivity contribution is 0.0690. The molecule has 1 N–H and O–H groups in total. The number of carbonyl (C=O) groups is 1. The zero-order valence-electron chi connectivity index (χ0n) is 11.7. The fourth-order valence-electron chi connectivity index (χ4n) is 1.44. The highest BCUT2D eigenvalue weighted by molar-refractivity contribution is 7.48. The number of hydrogen-bond acceptors (Lipinski definition) is 5. The molecule has 0 radical (unpaired) electrons. The van der Waals surface area contributed by atoms with E-state index in [2.05, 4.69) is 13.2 Å². The van der Waals surface area contributed by atoms with Crippen LogP contribution in [-0.4, -0.2) is 24.3 Å². The minimum absolute atomic E-state index is 0.0112. The second-order valence-corrected chi connectivity index (χ2v) is 5.67. The highest BCUT2D eigenvalue weighted by Crippen LogP contribution is 2.50. The molecule has 0 saturated carbocycles. The molecule has 0 aliphatic rings. The van der Waals surface area contributed by atoms with Crippen LogP contribution in [0.25, 0.3) is 0 Å². The minimum Gasteiger partial charge on any atom is -0.478 e. The van der Waals surface area contributed by atoms with E-state index in [1.807, 2.05) is 0 Å². The average Bonchev–Trinajstić information content (AvgIpc) is 2.49. The van der Waals surface area contributed by atoms with E-state index in [1.54, 1.807) is 0 Å². The first-order valence-corrected chi connectivity index (χ1v) is 7.65. The Labute approximate surface area is 127 Å². The van der Waals surface area contributed by atoms with Crippen LogP contribution in [0.5, 0.6) is 0 Å². The first-order valence-electron chi connectivity index (χ1n) is 6.19. The van der Waals surface area contributed by atoms with Gasteiger partial charge in [-0.15, -0.1) is 13.2 Å². The summed E-state index contributed by atoms with van der Waals surface area (Å²) in [5, 5.41) is 9.03. The second-order valence-electron chi connectivity index (χ2n) is 4.00. The summed E-state index contributed by atoms with van der Waals surface area (Å²) in [6.45, 7) is 6.17. The zero-order valence-corrected chi connectivity index (χ0v) is 12.6. The van der Waals surface area contributed by atoms with Crippen molar-refractivity contribution >= 4 is 13.8 Å². The summed E-state index contributed by atoms with van der Waals surface area (Å²) in [6, 6.07) is 3.08. The molecule has 0 spiro atoms. The fourth-order valence-corrected chi connectivity index (χ4v) is 2.54. The van der Waals surface area contributed by atoms with Crippen LogP contribution in [0.4, 0.5) is 4.39 Å². The lowest BCUT2D eigenvalue weighted by Crippen LogP contribution is -2.06. The fraction of sp³-hybridized carbons (Fsp3) is 0.214. The molecule has 8 heteroatoms.